The van der Waals surface area contributed by atoms with Crippen molar-refractivity contribution in [3.63, 3.8) is 0 Å². The molecule has 1 fully saturated rings. The van der Waals surface area contributed by atoms with Gasteiger partial charge in [0.05, 0.1) is 23.0 Å². The SMILES string of the molecule is CNC(=O)c1cc2c(N3CCC(C)(OC)CC3)c(C#N)c(=O)[nH]c2cn1. The molecule has 136 valence electrons. The Kier molecular flexibility index (Phi) is 4.66. The summed E-state index contributed by atoms with van der Waals surface area (Å²) in [4.78, 5) is 33.1. The van der Waals surface area contributed by atoms with Crippen molar-refractivity contribution in [1.29, 1.82) is 5.26 Å². The molecule has 2 N–H and O–H groups in total. The number of carbonyl (C=O) groups excluding carboxylic acids is 1. The Morgan fingerprint density at radius 3 is 2.73 bits per heavy atom. The number of carbonyl (C=O) groups is 1. The second-order valence-corrected chi connectivity index (χ2v) is 6.62. The number of aromatic nitrogens is 2. The molecule has 0 aliphatic carbocycles. The van der Waals surface area contributed by atoms with E-state index in [9.17, 15) is 14.9 Å². The van der Waals surface area contributed by atoms with Crippen molar-refractivity contribution in [2.75, 3.05) is 32.1 Å². The van der Waals surface area contributed by atoms with Crippen molar-refractivity contribution >= 4 is 22.5 Å². The summed E-state index contributed by atoms with van der Waals surface area (Å²) >= 11 is 0. The Balaban J connectivity index is 2.17. The fraction of sp³-hybridized carbons (Fsp3) is 0.444. The second-order valence-electron chi connectivity index (χ2n) is 6.62. The first-order chi connectivity index (χ1) is 12.4. The minimum absolute atomic E-state index is 0.0487. The van der Waals surface area contributed by atoms with Gasteiger partial charge in [-0.1, -0.05) is 0 Å². The number of fused-ring (bicyclic) bond motifs is 1. The van der Waals surface area contributed by atoms with E-state index >= 15 is 0 Å². The van der Waals surface area contributed by atoms with E-state index in [2.05, 4.69) is 22.2 Å². The van der Waals surface area contributed by atoms with Gasteiger partial charge in [0, 0.05) is 32.6 Å². The number of hydrogen-bond acceptors (Lipinski definition) is 6. The molecule has 2 aromatic heterocycles. The Morgan fingerprint density at radius 1 is 1.46 bits per heavy atom. The zero-order valence-electron chi connectivity index (χ0n) is 15.0. The topological polar surface area (TPSA) is 111 Å². The van der Waals surface area contributed by atoms with Gasteiger partial charge in [0.2, 0.25) is 0 Å². The van der Waals surface area contributed by atoms with Gasteiger partial charge in [-0.15, -0.1) is 0 Å². The minimum Gasteiger partial charge on any atom is -0.378 e. The van der Waals surface area contributed by atoms with Gasteiger partial charge in [-0.05, 0) is 25.8 Å². The summed E-state index contributed by atoms with van der Waals surface area (Å²) < 4.78 is 5.57. The number of pyridine rings is 2. The highest BCUT2D eigenvalue weighted by Gasteiger charge is 2.32. The maximum atomic E-state index is 12.3. The highest BCUT2D eigenvalue weighted by molar-refractivity contribution is 6.00. The smallest absolute Gasteiger partial charge is 0.269 e. The molecule has 3 heterocycles. The van der Waals surface area contributed by atoms with Gasteiger partial charge >= 0.3 is 0 Å². The molecule has 0 saturated carbocycles. The number of piperidine rings is 1. The first-order valence-electron chi connectivity index (χ1n) is 8.41. The predicted molar refractivity (Wildman–Crippen MR) is 97.3 cm³/mol. The molecule has 0 radical (unpaired) electrons. The number of rotatable bonds is 3. The molecule has 1 amide bonds. The number of methoxy groups -OCH3 is 1. The van der Waals surface area contributed by atoms with E-state index < -0.39 is 5.56 Å². The molecule has 2 aromatic rings. The van der Waals surface area contributed by atoms with Crippen LogP contribution in [0.2, 0.25) is 0 Å². The Hall–Kier alpha value is -2.92. The molecule has 8 heteroatoms. The number of hydrogen-bond donors (Lipinski definition) is 2. The summed E-state index contributed by atoms with van der Waals surface area (Å²) in [6.45, 7) is 3.35. The lowest BCUT2D eigenvalue weighted by atomic mass is 9.92. The molecule has 0 bridgehead atoms. The van der Waals surface area contributed by atoms with Crippen LogP contribution in [-0.4, -0.2) is 48.7 Å². The van der Waals surface area contributed by atoms with E-state index in [0.717, 1.165) is 12.8 Å². The van der Waals surface area contributed by atoms with Crippen molar-refractivity contribution in [3.05, 3.63) is 33.9 Å². The van der Waals surface area contributed by atoms with Crippen LogP contribution >= 0.6 is 0 Å². The van der Waals surface area contributed by atoms with E-state index in [1.165, 1.54) is 13.2 Å². The first kappa shape index (κ1) is 17.9. The Bertz CT molecular complexity index is 952. The quantitative estimate of drug-likeness (QED) is 0.855. The number of ether oxygens (including phenoxy) is 1. The largest absolute Gasteiger partial charge is 0.378 e. The molecule has 1 saturated heterocycles. The number of H-pyrrole nitrogens is 1. The molecule has 0 aromatic carbocycles. The van der Waals surface area contributed by atoms with Crippen LogP contribution in [0.15, 0.2) is 17.1 Å². The van der Waals surface area contributed by atoms with Crippen LogP contribution in [0.5, 0.6) is 0 Å². The van der Waals surface area contributed by atoms with Crippen LogP contribution in [0.4, 0.5) is 5.69 Å². The van der Waals surface area contributed by atoms with Crippen LogP contribution in [0.25, 0.3) is 10.9 Å². The molecule has 0 spiro atoms. The highest BCUT2D eigenvalue weighted by atomic mass is 16.5. The van der Waals surface area contributed by atoms with Gasteiger partial charge < -0.3 is 19.9 Å². The minimum atomic E-state index is -0.454. The standard InChI is InChI=1S/C18H21N5O3/c1-18(26-3)4-6-23(7-5-18)15-11-8-13(17(25)20-2)21-10-14(11)22-16(24)12(15)9-19/h8,10H,4-7H2,1-3H3,(H,20,25)(H,22,24). The number of nitrogens with one attached hydrogen (secondary N) is 2. The van der Waals surface area contributed by atoms with E-state index in [0.29, 0.717) is 29.7 Å². The number of amides is 1. The summed E-state index contributed by atoms with van der Waals surface area (Å²) in [6, 6.07) is 3.63. The van der Waals surface area contributed by atoms with Gasteiger partial charge in [0.15, 0.2) is 0 Å². The van der Waals surface area contributed by atoms with Crippen molar-refractivity contribution in [2.24, 2.45) is 0 Å². The van der Waals surface area contributed by atoms with E-state index in [1.807, 2.05) is 11.0 Å². The first-order valence-corrected chi connectivity index (χ1v) is 8.41. The third-order valence-corrected chi connectivity index (χ3v) is 5.07. The van der Waals surface area contributed by atoms with Crippen molar-refractivity contribution in [3.8, 4) is 6.07 Å². The molecule has 26 heavy (non-hydrogen) atoms. The zero-order chi connectivity index (χ0) is 18.9. The third kappa shape index (κ3) is 3.02. The van der Waals surface area contributed by atoms with Gasteiger partial charge in [0.1, 0.15) is 17.3 Å². The highest BCUT2D eigenvalue weighted by Crippen LogP contribution is 2.33. The average molecular weight is 355 g/mol. The third-order valence-electron chi connectivity index (χ3n) is 5.07. The average Bonchev–Trinajstić information content (AvgIpc) is 2.66. The molecule has 0 unspecified atom stereocenters. The second kappa shape index (κ2) is 6.77. The predicted octanol–water partition coefficient (Wildman–Crippen LogP) is 1.16. The molecular weight excluding hydrogens is 334 g/mol. The maximum Gasteiger partial charge on any atom is 0.269 e. The normalized spacial score (nSPS) is 16.3. The van der Waals surface area contributed by atoms with Crippen LogP contribution < -0.4 is 15.8 Å². The monoisotopic (exact) mass is 355 g/mol. The maximum absolute atomic E-state index is 12.3. The van der Waals surface area contributed by atoms with Crippen LogP contribution in [0.1, 0.15) is 35.8 Å². The lowest BCUT2D eigenvalue weighted by molar-refractivity contribution is -0.0132. The van der Waals surface area contributed by atoms with E-state index in [-0.39, 0.29) is 22.8 Å². The van der Waals surface area contributed by atoms with Crippen molar-refractivity contribution in [2.45, 2.75) is 25.4 Å². The van der Waals surface area contributed by atoms with Crippen LogP contribution in [-0.2, 0) is 4.74 Å². The van der Waals surface area contributed by atoms with Gasteiger partial charge in [-0.25, -0.2) is 4.98 Å². The molecular formula is C18H21N5O3. The van der Waals surface area contributed by atoms with Gasteiger partial charge in [-0.2, -0.15) is 5.26 Å². The molecule has 1 aliphatic heterocycles. The summed E-state index contributed by atoms with van der Waals surface area (Å²) in [5, 5.41) is 12.7. The van der Waals surface area contributed by atoms with E-state index in [4.69, 9.17) is 4.74 Å². The van der Waals surface area contributed by atoms with Gasteiger partial charge in [-0.3, -0.25) is 9.59 Å². The van der Waals surface area contributed by atoms with Crippen LogP contribution in [0.3, 0.4) is 0 Å². The number of anilines is 1. The summed E-state index contributed by atoms with van der Waals surface area (Å²) in [5.74, 6) is -0.326. The fourth-order valence-corrected chi connectivity index (χ4v) is 3.27. The Labute approximate surface area is 150 Å². The number of aromatic amines is 1. The Morgan fingerprint density at radius 2 is 2.15 bits per heavy atom. The van der Waals surface area contributed by atoms with Crippen molar-refractivity contribution < 1.29 is 9.53 Å². The number of nitrogens with zero attached hydrogens (tertiary/aromatic N) is 3. The van der Waals surface area contributed by atoms with Crippen LogP contribution in [0, 0.1) is 11.3 Å². The summed E-state index contributed by atoms with van der Waals surface area (Å²) in [7, 11) is 3.22. The molecule has 1 aliphatic rings. The molecule has 3 rings (SSSR count). The van der Waals surface area contributed by atoms with Gasteiger partial charge in [0.25, 0.3) is 11.5 Å². The zero-order valence-corrected chi connectivity index (χ0v) is 15.0. The molecule has 8 nitrogen and oxygen atoms in total. The van der Waals surface area contributed by atoms with E-state index in [1.54, 1.807) is 13.2 Å². The summed E-state index contributed by atoms with van der Waals surface area (Å²) in [6.07, 6.45) is 3.00. The number of nitriles is 1. The lowest BCUT2D eigenvalue weighted by Gasteiger charge is -2.40. The lowest BCUT2D eigenvalue weighted by Crippen LogP contribution is -2.44. The van der Waals surface area contributed by atoms with Crippen molar-refractivity contribution in [1.82, 2.24) is 15.3 Å². The summed E-state index contributed by atoms with van der Waals surface area (Å²) in [5.41, 5.74) is 0.663. The molecule has 0 atom stereocenters. The fourth-order valence-electron chi connectivity index (χ4n) is 3.27.